The van der Waals surface area contributed by atoms with Crippen LogP contribution in [0.3, 0.4) is 0 Å². The van der Waals surface area contributed by atoms with Crippen molar-refractivity contribution >= 4 is 29.2 Å². The van der Waals surface area contributed by atoms with Crippen LogP contribution in [-0.2, 0) is 4.74 Å². The second kappa shape index (κ2) is 10.2. The van der Waals surface area contributed by atoms with Gasteiger partial charge < -0.3 is 9.15 Å². The molecule has 1 unspecified atom stereocenters. The molecule has 0 saturated heterocycles. The van der Waals surface area contributed by atoms with Crippen molar-refractivity contribution in [2.45, 2.75) is 65.2 Å². The Labute approximate surface area is 190 Å². The van der Waals surface area contributed by atoms with Crippen LogP contribution in [0.2, 0.25) is 0 Å². The third kappa shape index (κ3) is 5.29. The maximum absolute atomic E-state index is 12.2. The van der Waals surface area contributed by atoms with Crippen LogP contribution in [0.15, 0.2) is 40.8 Å². The van der Waals surface area contributed by atoms with Crippen LogP contribution >= 0.6 is 0 Å². The van der Waals surface area contributed by atoms with Crippen LogP contribution < -0.4 is 0 Å². The molecule has 1 heterocycles. The van der Waals surface area contributed by atoms with E-state index in [-0.39, 0.29) is 5.97 Å². The average molecular weight is 432 g/mol. The van der Waals surface area contributed by atoms with E-state index < -0.39 is 0 Å². The molecule has 2 aromatic carbocycles. The Hall–Kier alpha value is -2.88. The fraction of sp³-hybridized carbons (Fsp3) is 0.429. The smallest absolute Gasteiger partial charge is 0.338 e. The van der Waals surface area contributed by atoms with E-state index in [9.17, 15) is 4.79 Å². The highest BCUT2D eigenvalue weighted by Crippen LogP contribution is 2.36. The van der Waals surface area contributed by atoms with Gasteiger partial charge >= 0.3 is 5.97 Å². The zero-order valence-electron chi connectivity index (χ0n) is 19.4. The predicted octanol–water partition coefficient (Wildman–Crippen LogP) is 7.56. The van der Waals surface area contributed by atoms with E-state index in [2.05, 4.69) is 32.9 Å². The predicted molar refractivity (Wildman–Crippen MR) is 130 cm³/mol. The number of aromatic nitrogens is 1. The molecule has 1 aromatic heterocycles. The SMILES string of the molecule is CCC(C)COC(=O)c1ccc(C=Cc2nc3cc(C4CCCCC4)c(C)cc3o2)cc1. The molecule has 0 spiro atoms. The average Bonchev–Trinajstić information content (AvgIpc) is 3.22. The van der Waals surface area contributed by atoms with Crippen molar-refractivity contribution in [3.63, 3.8) is 0 Å². The first kappa shape index (κ1) is 22.3. The molecule has 168 valence electrons. The summed E-state index contributed by atoms with van der Waals surface area (Å²) in [5.41, 5.74) is 6.03. The highest BCUT2D eigenvalue weighted by Gasteiger charge is 2.19. The molecule has 4 rings (SSSR count). The first-order valence-electron chi connectivity index (χ1n) is 11.9. The summed E-state index contributed by atoms with van der Waals surface area (Å²) in [5, 5.41) is 0. The fourth-order valence-corrected chi connectivity index (χ4v) is 4.35. The van der Waals surface area contributed by atoms with Crippen LogP contribution in [0, 0.1) is 12.8 Å². The summed E-state index contributed by atoms with van der Waals surface area (Å²) in [6, 6.07) is 11.8. The monoisotopic (exact) mass is 431 g/mol. The molecule has 1 aliphatic rings. The lowest BCUT2D eigenvalue weighted by Crippen LogP contribution is -2.11. The molecule has 1 aliphatic carbocycles. The largest absolute Gasteiger partial charge is 0.462 e. The van der Waals surface area contributed by atoms with Gasteiger partial charge in [0.1, 0.15) is 5.52 Å². The summed E-state index contributed by atoms with van der Waals surface area (Å²) in [6.07, 6.45) is 11.4. The van der Waals surface area contributed by atoms with E-state index in [1.807, 2.05) is 24.3 Å². The van der Waals surface area contributed by atoms with E-state index in [0.717, 1.165) is 23.1 Å². The molecule has 3 aromatic rings. The molecule has 0 N–H and O–H groups in total. The van der Waals surface area contributed by atoms with Crippen LogP contribution in [0.25, 0.3) is 23.3 Å². The quantitative estimate of drug-likeness (QED) is 0.362. The summed E-state index contributed by atoms with van der Waals surface area (Å²) < 4.78 is 11.3. The minimum atomic E-state index is -0.274. The Morgan fingerprint density at radius 3 is 2.62 bits per heavy atom. The van der Waals surface area contributed by atoms with E-state index in [0.29, 0.717) is 29.9 Å². The molecule has 1 atom stereocenters. The van der Waals surface area contributed by atoms with Crippen molar-refractivity contribution in [3.05, 3.63) is 64.5 Å². The standard InChI is InChI=1S/C28H33NO3/c1-4-19(2)18-31-28(30)23-13-10-21(11-14-23)12-15-27-29-25-17-24(20(3)16-26(25)32-27)22-8-6-5-7-9-22/h10-17,19,22H,4-9,18H2,1-3H3. The molecule has 32 heavy (non-hydrogen) atoms. The first-order chi connectivity index (χ1) is 15.5. The second-order valence-corrected chi connectivity index (χ2v) is 9.13. The Balaban J connectivity index is 1.44. The topological polar surface area (TPSA) is 52.3 Å². The second-order valence-electron chi connectivity index (χ2n) is 9.13. The van der Waals surface area contributed by atoms with Crippen molar-refractivity contribution < 1.29 is 13.9 Å². The summed E-state index contributed by atoms with van der Waals surface area (Å²) >= 11 is 0. The Bertz CT molecular complexity index is 1090. The maximum atomic E-state index is 12.2. The molecular formula is C28H33NO3. The van der Waals surface area contributed by atoms with Gasteiger partial charge in [-0.15, -0.1) is 0 Å². The molecular weight excluding hydrogens is 398 g/mol. The number of ether oxygens (including phenoxy) is 1. The third-order valence-electron chi connectivity index (χ3n) is 6.60. The lowest BCUT2D eigenvalue weighted by molar-refractivity contribution is 0.0447. The van der Waals surface area contributed by atoms with Crippen molar-refractivity contribution in [1.29, 1.82) is 0 Å². The zero-order chi connectivity index (χ0) is 22.5. The number of fused-ring (bicyclic) bond motifs is 1. The summed E-state index contributed by atoms with van der Waals surface area (Å²) in [7, 11) is 0. The molecule has 0 radical (unpaired) electrons. The Kier molecular flexibility index (Phi) is 7.09. The summed E-state index contributed by atoms with van der Waals surface area (Å²) in [5.74, 6) is 1.35. The maximum Gasteiger partial charge on any atom is 0.338 e. The van der Waals surface area contributed by atoms with Crippen LogP contribution in [-0.4, -0.2) is 17.6 Å². The van der Waals surface area contributed by atoms with Crippen molar-refractivity contribution in [3.8, 4) is 0 Å². The lowest BCUT2D eigenvalue weighted by atomic mass is 9.82. The number of carbonyl (C=O) groups is 1. The van der Waals surface area contributed by atoms with Crippen molar-refractivity contribution in [2.24, 2.45) is 5.92 Å². The molecule has 4 nitrogen and oxygen atoms in total. The molecule has 0 amide bonds. The minimum Gasteiger partial charge on any atom is -0.462 e. The van der Waals surface area contributed by atoms with E-state index in [1.165, 1.54) is 43.2 Å². The fourth-order valence-electron chi connectivity index (χ4n) is 4.35. The number of hydrogen-bond acceptors (Lipinski definition) is 4. The number of benzene rings is 2. The van der Waals surface area contributed by atoms with Gasteiger partial charge in [0.25, 0.3) is 0 Å². The summed E-state index contributed by atoms with van der Waals surface area (Å²) in [4.78, 5) is 16.9. The van der Waals surface area contributed by atoms with Gasteiger partial charge in [-0.25, -0.2) is 9.78 Å². The van der Waals surface area contributed by atoms with Gasteiger partial charge in [0.15, 0.2) is 5.58 Å². The number of hydrogen-bond donors (Lipinski definition) is 0. The van der Waals surface area contributed by atoms with Crippen molar-refractivity contribution in [1.82, 2.24) is 4.98 Å². The minimum absolute atomic E-state index is 0.274. The van der Waals surface area contributed by atoms with E-state index >= 15 is 0 Å². The zero-order valence-corrected chi connectivity index (χ0v) is 19.4. The molecule has 1 saturated carbocycles. The normalized spacial score (nSPS) is 16.0. The molecule has 0 bridgehead atoms. The highest BCUT2D eigenvalue weighted by atomic mass is 16.5. The Morgan fingerprint density at radius 2 is 1.91 bits per heavy atom. The number of oxazole rings is 1. The third-order valence-corrected chi connectivity index (χ3v) is 6.60. The molecule has 0 aliphatic heterocycles. The lowest BCUT2D eigenvalue weighted by Gasteiger charge is -2.23. The first-order valence-corrected chi connectivity index (χ1v) is 11.9. The molecule has 4 heteroatoms. The number of rotatable bonds is 7. The van der Waals surface area contributed by atoms with Gasteiger partial charge in [-0.3, -0.25) is 0 Å². The van der Waals surface area contributed by atoms with Crippen molar-refractivity contribution in [2.75, 3.05) is 6.61 Å². The Morgan fingerprint density at radius 1 is 1.16 bits per heavy atom. The van der Waals surface area contributed by atoms with Gasteiger partial charge in [-0.1, -0.05) is 51.7 Å². The van der Waals surface area contributed by atoms with Gasteiger partial charge in [0, 0.05) is 6.08 Å². The van der Waals surface area contributed by atoms with E-state index in [4.69, 9.17) is 14.1 Å². The van der Waals surface area contributed by atoms with Gasteiger partial charge in [-0.2, -0.15) is 0 Å². The van der Waals surface area contributed by atoms with Crippen LogP contribution in [0.5, 0.6) is 0 Å². The summed E-state index contributed by atoms with van der Waals surface area (Å²) in [6.45, 7) is 6.80. The van der Waals surface area contributed by atoms with E-state index in [1.54, 1.807) is 12.1 Å². The van der Waals surface area contributed by atoms with Crippen LogP contribution in [0.1, 0.15) is 91.2 Å². The van der Waals surface area contributed by atoms with Gasteiger partial charge in [-0.05, 0) is 78.6 Å². The van der Waals surface area contributed by atoms with Gasteiger partial charge in [0.05, 0.1) is 12.2 Å². The van der Waals surface area contributed by atoms with Crippen LogP contribution in [0.4, 0.5) is 0 Å². The number of aryl methyl sites for hydroxylation is 1. The van der Waals surface area contributed by atoms with Gasteiger partial charge in [0.2, 0.25) is 5.89 Å². The number of carbonyl (C=O) groups excluding carboxylic acids is 1. The molecule has 1 fully saturated rings. The number of nitrogens with zero attached hydrogens (tertiary/aromatic N) is 1. The number of esters is 1. The highest BCUT2D eigenvalue weighted by molar-refractivity contribution is 5.89.